The van der Waals surface area contributed by atoms with E-state index in [0.29, 0.717) is 0 Å². The third-order valence-corrected chi connectivity index (χ3v) is 12.5. The minimum absolute atomic E-state index is 0.956. The first-order valence-corrected chi connectivity index (χ1v) is 21.0. The Kier molecular flexibility index (Phi) is 8.21. The number of para-hydroxylation sites is 1. The molecule has 0 aliphatic rings. The summed E-state index contributed by atoms with van der Waals surface area (Å²) in [5, 5.41) is 9.77. The van der Waals surface area contributed by atoms with E-state index in [9.17, 15) is 0 Å². The molecule has 2 aromatic heterocycles. The third kappa shape index (κ3) is 5.68. The Hall–Kier alpha value is -8.07. The van der Waals surface area contributed by atoms with Crippen LogP contribution in [0.4, 0.5) is 0 Å². The summed E-state index contributed by atoms with van der Waals surface area (Å²) in [5.74, 6) is 0. The summed E-state index contributed by atoms with van der Waals surface area (Å²) in [6, 6.07) is 81.9. The van der Waals surface area contributed by atoms with Gasteiger partial charge in [0.05, 0.1) is 5.52 Å². The normalized spacial score (nSPS) is 11.6. The molecule has 0 bridgehead atoms. The van der Waals surface area contributed by atoms with E-state index in [2.05, 4.69) is 223 Å². The van der Waals surface area contributed by atoms with Gasteiger partial charge in [-0.3, -0.25) is 4.57 Å². The van der Waals surface area contributed by atoms with E-state index in [1.165, 1.54) is 87.8 Å². The van der Waals surface area contributed by atoms with Crippen molar-refractivity contribution in [1.29, 1.82) is 0 Å². The first-order chi connectivity index (χ1) is 30.3. The van der Waals surface area contributed by atoms with Gasteiger partial charge in [-0.05, 0) is 130 Å². The SMILES string of the molecule is c1ccc(-c2ccc(-c3c4ccccc4c(-c4cccc5ccccc45)c4ccccc34)c(-c3ccccc3-c3ccc4c(c3)c3cccnc3n4-c3ccccc3)c2)cc1. The van der Waals surface area contributed by atoms with Crippen molar-refractivity contribution in [3.8, 4) is 61.3 Å². The second-order valence-electron chi connectivity index (χ2n) is 15.8. The van der Waals surface area contributed by atoms with Gasteiger partial charge >= 0.3 is 0 Å². The molecule has 0 atom stereocenters. The number of hydrogen-bond donors (Lipinski definition) is 0. The highest BCUT2D eigenvalue weighted by Crippen LogP contribution is 2.49. The van der Waals surface area contributed by atoms with E-state index in [-0.39, 0.29) is 0 Å². The van der Waals surface area contributed by atoms with Crippen LogP contribution in [0.15, 0.2) is 231 Å². The van der Waals surface area contributed by atoms with Crippen LogP contribution in [0.3, 0.4) is 0 Å². The summed E-state index contributed by atoms with van der Waals surface area (Å²) in [4.78, 5) is 4.90. The fourth-order valence-corrected chi connectivity index (χ4v) is 9.77. The van der Waals surface area contributed by atoms with Crippen LogP contribution in [0.1, 0.15) is 0 Å². The van der Waals surface area contributed by atoms with Crippen LogP contribution in [-0.4, -0.2) is 9.55 Å². The Balaban J connectivity index is 1.14. The molecule has 2 heterocycles. The number of benzene rings is 10. The minimum atomic E-state index is 0.956. The first-order valence-electron chi connectivity index (χ1n) is 21.0. The van der Waals surface area contributed by atoms with Gasteiger partial charge in [0.1, 0.15) is 5.65 Å². The Bertz CT molecular complexity index is 3570. The molecular weight excluding hydrogens is 737 g/mol. The van der Waals surface area contributed by atoms with E-state index in [1.807, 2.05) is 12.3 Å². The summed E-state index contributed by atoms with van der Waals surface area (Å²) >= 11 is 0. The van der Waals surface area contributed by atoms with Crippen LogP contribution in [0.2, 0.25) is 0 Å². The van der Waals surface area contributed by atoms with E-state index >= 15 is 0 Å². The van der Waals surface area contributed by atoms with E-state index in [0.717, 1.165) is 27.8 Å². The molecule has 0 N–H and O–H groups in total. The summed E-state index contributed by atoms with van der Waals surface area (Å²) in [5.41, 5.74) is 15.3. The van der Waals surface area contributed by atoms with Crippen LogP contribution >= 0.6 is 0 Å². The molecular formula is C59H38N2. The van der Waals surface area contributed by atoms with Gasteiger partial charge in [0.15, 0.2) is 0 Å². The maximum absolute atomic E-state index is 4.90. The van der Waals surface area contributed by atoms with Crippen LogP contribution in [0.25, 0.3) is 116 Å². The van der Waals surface area contributed by atoms with Gasteiger partial charge in [0, 0.05) is 22.7 Å². The smallest absolute Gasteiger partial charge is 0.145 e. The van der Waals surface area contributed by atoms with Crippen LogP contribution in [0, 0.1) is 0 Å². The molecule has 0 saturated carbocycles. The van der Waals surface area contributed by atoms with Crippen molar-refractivity contribution in [3.63, 3.8) is 0 Å². The average molecular weight is 775 g/mol. The van der Waals surface area contributed by atoms with Crippen molar-refractivity contribution in [2.75, 3.05) is 0 Å². The molecule has 0 fully saturated rings. The Morgan fingerprint density at radius 3 is 1.59 bits per heavy atom. The summed E-state index contributed by atoms with van der Waals surface area (Å²) < 4.78 is 2.28. The fourth-order valence-electron chi connectivity index (χ4n) is 9.77. The molecule has 0 saturated heterocycles. The number of hydrogen-bond acceptors (Lipinski definition) is 1. The quantitative estimate of drug-likeness (QED) is 0.154. The second-order valence-corrected chi connectivity index (χ2v) is 15.8. The maximum Gasteiger partial charge on any atom is 0.145 e. The Labute approximate surface area is 354 Å². The van der Waals surface area contributed by atoms with Gasteiger partial charge in [-0.2, -0.15) is 0 Å². The predicted molar refractivity (Wildman–Crippen MR) is 258 cm³/mol. The highest BCUT2D eigenvalue weighted by atomic mass is 15.0. The van der Waals surface area contributed by atoms with Gasteiger partial charge < -0.3 is 0 Å². The zero-order valence-corrected chi connectivity index (χ0v) is 33.3. The lowest BCUT2D eigenvalue weighted by Gasteiger charge is -2.22. The van der Waals surface area contributed by atoms with Crippen molar-refractivity contribution in [3.05, 3.63) is 231 Å². The minimum Gasteiger partial charge on any atom is -0.294 e. The lowest BCUT2D eigenvalue weighted by Crippen LogP contribution is -1.95. The molecule has 0 amide bonds. The van der Waals surface area contributed by atoms with Gasteiger partial charge in [-0.1, -0.05) is 182 Å². The molecule has 12 aromatic rings. The summed E-state index contributed by atoms with van der Waals surface area (Å²) in [6.07, 6.45) is 1.89. The van der Waals surface area contributed by atoms with Crippen molar-refractivity contribution in [2.45, 2.75) is 0 Å². The highest BCUT2D eigenvalue weighted by molar-refractivity contribution is 6.24. The summed E-state index contributed by atoms with van der Waals surface area (Å²) in [7, 11) is 0. The van der Waals surface area contributed by atoms with Crippen LogP contribution < -0.4 is 0 Å². The molecule has 0 unspecified atom stereocenters. The van der Waals surface area contributed by atoms with E-state index in [4.69, 9.17) is 4.98 Å². The number of rotatable bonds is 6. The maximum atomic E-state index is 4.90. The molecule has 12 rings (SSSR count). The highest BCUT2D eigenvalue weighted by Gasteiger charge is 2.22. The number of nitrogens with zero attached hydrogens (tertiary/aromatic N) is 2. The van der Waals surface area contributed by atoms with Crippen molar-refractivity contribution < 1.29 is 0 Å². The largest absolute Gasteiger partial charge is 0.294 e. The van der Waals surface area contributed by atoms with Crippen molar-refractivity contribution in [2.24, 2.45) is 0 Å². The molecule has 2 heteroatoms. The number of fused-ring (bicyclic) bond motifs is 6. The zero-order valence-electron chi connectivity index (χ0n) is 33.3. The molecule has 10 aromatic carbocycles. The Morgan fingerprint density at radius 2 is 0.852 bits per heavy atom. The molecule has 284 valence electrons. The lowest BCUT2D eigenvalue weighted by atomic mass is 9.81. The summed E-state index contributed by atoms with van der Waals surface area (Å²) in [6.45, 7) is 0. The van der Waals surface area contributed by atoms with Gasteiger partial charge in [0.2, 0.25) is 0 Å². The van der Waals surface area contributed by atoms with Crippen molar-refractivity contribution in [1.82, 2.24) is 9.55 Å². The molecule has 2 nitrogen and oxygen atoms in total. The number of aromatic nitrogens is 2. The predicted octanol–water partition coefficient (Wildman–Crippen LogP) is 16.0. The molecule has 0 radical (unpaired) electrons. The molecule has 0 aliphatic carbocycles. The number of pyridine rings is 1. The molecule has 61 heavy (non-hydrogen) atoms. The standard InChI is InChI=1S/C59H38N2/c1-3-17-39(18-4-1)41-32-34-52(58-50-28-13-11-26-48(50)57(49-27-12-14-29-51(49)58)47-30-15-20-40-19-7-8-23-44(40)47)54(37-41)46-25-10-9-24-45(46)42-33-35-56-55(38-42)53-31-16-36-60-59(53)61(56)43-21-5-2-6-22-43/h1-38H. The van der Waals surface area contributed by atoms with E-state index in [1.54, 1.807) is 0 Å². The Morgan fingerprint density at radius 1 is 0.295 bits per heavy atom. The molecule has 0 spiro atoms. The van der Waals surface area contributed by atoms with Crippen molar-refractivity contribution >= 4 is 54.3 Å². The second kappa shape index (κ2) is 14.3. The monoisotopic (exact) mass is 774 g/mol. The fraction of sp³-hybridized carbons (Fsp3) is 0. The average Bonchev–Trinajstić information content (AvgIpc) is 3.67. The van der Waals surface area contributed by atoms with E-state index < -0.39 is 0 Å². The first kappa shape index (κ1) is 34.9. The third-order valence-electron chi connectivity index (χ3n) is 12.5. The lowest BCUT2D eigenvalue weighted by molar-refractivity contribution is 1.14. The topological polar surface area (TPSA) is 17.8 Å². The van der Waals surface area contributed by atoms with Crippen LogP contribution in [-0.2, 0) is 0 Å². The van der Waals surface area contributed by atoms with Gasteiger partial charge in [-0.15, -0.1) is 0 Å². The van der Waals surface area contributed by atoms with Gasteiger partial charge in [0.25, 0.3) is 0 Å². The molecule has 0 aliphatic heterocycles. The zero-order chi connectivity index (χ0) is 40.3. The van der Waals surface area contributed by atoms with Crippen LogP contribution in [0.5, 0.6) is 0 Å². The van der Waals surface area contributed by atoms with Gasteiger partial charge in [-0.25, -0.2) is 4.98 Å².